The molecule has 0 saturated carbocycles. The normalized spacial score (nSPS) is 20.6. The molecule has 1 aliphatic heterocycles. The summed E-state index contributed by atoms with van der Waals surface area (Å²) in [6.07, 6.45) is 2.53. The number of nitrogens with zero attached hydrogens (tertiary/aromatic N) is 1. The molecule has 1 N–H and O–H groups in total. The van der Waals surface area contributed by atoms with Gasteiger partial charge in [0.15, 0.2) is 0 Å². The van der Waals surface area contributed by atoms with E-state index < -0.39 is 12.0 Å². The maximum Gasteiger partial charge on any atom is 0.269 e. The van der Waals surface area contributed by atoms with Crippen LogP contribution in [0.5, 0.6) is 0 Å². The van der Waals surface area contributed by atoms with E-state index in [9.17, 15) is 9.59 Å². The van der Waals surface area contributed by atoms with Crippen molar-refractivity contribution in [3.63, 3.8) is 0 Å². The summed E-state index contributed by atoms with van der Waals surface area (Å²) < 4.78 is 0. The monoisotopic (exact) mass is 566 g/mol. The number of amides is 1. The predicted octanol–water partition coefficient (Wildman–Crippen LogP) is 8.77. The van der Waals surface area contributed by atoms with Crippen LogP contribution in [0.3, 0.4) is 0 Å². The maximum atomic E-state index is 14.2. The SMILES string of the molecule is CC(C)(C)c1ccc([C@H]2C=C3Nc4ccccc4N(C(=O)c4cccs4)[C@H](c4ccccc4Cl)[C@H]3C(=O)C2)cc1. The molecule has 4 aromatic rings. The quantitative estimate of drug-likeness (QED) is 0.269. The third-order valence-electron chi connectivity index (χ3n) is 7.90. The minimum atomic E-state index is -0.609. The van der Waals surface area contributed by atoms with Gasteiger partial charge in [-0.3, -0.25) is 14.5 Å². The highest BCUT2D eigenvalue weighted by molar-refractivity contribution is 7.12. The van der Waals surface area contributed by atoms with E-state index in [0.717, 1.165) is 28.2 Å². The number of Topliss-reactive ketones (excluding diaryl/α,β-unsaturated/α-hetero) is 1. The van der Waals surface area contributed by atoms with Gasteiger partial charge in [0.2, 0.25) is 0 Å². The molecule has 0 spiro atoms. The maximum absolute atomic E-state index is 14.2. The summed E-state index contributed by atoms with van der Waals surface area (Å²) >= 11 is 8.20. The second-order valence-electron chi connectivity index (χ2n) is 11.5. The molecule has 2 heterocycles. The second kappa shape index (κ2) is 10.4. The van der Waals surface area contributed by atoms with Crippen molar-refractivity contribution in [3.05, 3.63) is 129 Å². The Hall–Kier alpha value is -3.67. The Kier molecular flexibility index (Phi) is 6.89. The summed E-state index contributed by atoms with van der Waals surface area (Å²) in [7, 11) is 0. The smallest absolute Gasteiger partial charge is 0.269 e. The Balaban J connectivity index is 1.52. The van der Waals surface area contributed by atoms with Crippen molar-refractivity contribution < 1.29 is 9.59 Å². The highest BCUT2D eigenvalue weighted by Gasteiger charge is 2.46. The summed E-state index contributed by atoms with van der Waals surface area (Å²) in [6, 6.07) is 27.0. The molecule has 0 radical (unpaired) electrons. The van der Waals surface area contributed by atoms with Gasteiger partial charge in [0.25, 0.3) is 5.91 Å². The second-order valence-corrected chi connectivity index (χ2v) is 12.9. The van der Waals surface area contributed by atoms with Crippen molar-refractivity contribution in [2.75, 3.05) is 10.2 Å². The van der Waals surface area contributed by atoms with Crippen LogP contribution in [-0.4, -0.2) is 11.7 Å². The molecule has 202 valence electrons. The van der Waals surface area contributed by atoms with Crippen LogP contribution in [0, 0.1) is 5.92 Å². The van der Waals surface area contributed by atoms with Crippen LogP contribution in [0.25, 0.3) is 0 Å². The van der Waals surface area contributed by atoms with Crippen molar-refractivity contribution in [1.29, 1.82) is 0 Å². The van der Waals surface area contributed by atoms with Crippen LogP contribution in [0.2, 0.25) is 5.02 Å². The molecule has 0 bridgehead atoms. The Morgan fingerprint density at radius 2 is 1.68 bits per heavy atom. The zero-order valence-electron chi connectivity index (χ0n) is 22.7. The van der Waals surface area contributed by atoms with Gasteiger partial charge < -0.3 is 5.32 Å². The number of para-hydroxylation sites is 2. The minimum Gasteiger partial charge on any atom is -0.357 e. The van der Waals surface area contributed by atoms with Gasteiger partial charge in [0, 0.05) is 23.1 Å². The van der Waals surface area contributed by atoms with E-state index in [4.69, 9.17) is 11.6 Å². The van der Waals surface area contributed by atoms with Crippen molar-refractivity contribution in [2.45, 2.75) is 44.6 Å². The number of rotatable bonds is 3. The number of fused-ring (bicyclic) bond motifs is 2. The highest BCUT2D eigenvalue weighted by Crippen LogP contribution is 2.49. The number of carbonyl (C=O) groups is 2. The fourth-order valence-corrected chi connectivity index (χ4v) is 6.75. The molecule has 3 aromatic carbocycles. The Morgan fingerprint density at radius 1 is 0.950 bits per heavy atom. The summed E-state index contributed by atoms with van der Waals surface area (Å²) in [5.41, 5.74) is 5.48. The van der Waals surface area contributed by atoms with Crippen LogP contribution < -0.4 is 10.2 Å². The number of hydrogen-bond donors (Lipinski definition) is 1. The van der Waals surface area contributed by atoms with Crippen LogP contribution in [0.4, 0.5) is 11.4 Å². The number of halogens is 1. The molecule has 0 fully saturated rings. The molecule has 6 rings (SSSR count). The minimum absolute atomic E-state index is 0.0533. The molecule has 0 saturated heterocycles. The van der Waals surface area contributed by atoms with Gasteiger partial charge in [-0.15, -0.1) is 11.3 Å². The van der Waals surface area contributed by atoms with Gasteiger partial charge in [-0.05, 0) is 51.8 Å². The van der Waals surface area contributed by atoms with Gasteiger partial charge in [-0.25, -0.2) is 0 Å². The van der Waals surface area contributed by atoms with Gasteiger partial charge in [0.05, 0.1) is 28.2 Å². The average Bonchev–Trinajstić information content (AvgIpc) is 3.43. The molecule has 4 nitrogen and oxygen atoms in total. The first kappa shape index (κ1) is 26.5. The first-order valence-corrected chi connectivity index (χ1v) is 14.8. The highest BCUT2D eigenvalue weighted by atomic mass is 35.5. The fraction of sp³-hybridized carbons (Fsp3) is 0.235. The van der Waals surface area contributed by atoms with E-state index in [1.54, 1.807) is 4.90 Å². The topological polar surface area (TPSA) is 49.4 Å². The van der Waals surface area contributed by atoms with Crippen molar-refractivity contribution in [3.8, 4) is 0 Å². The first-order chi connectivity index (χ1) is 19.2. The summed E-state index contributed by atoms with van der Waals surface area (Å²) in [6.45, 7) is 6.59. The standard InChI is InChI=1S/C34H31ClN2O2S/c1-34(2,3)23-16-14-21(15-17-23)22-19-27-31(29(38)20-22)32(24-9-4-5-10-25(24)35)37(33(39)30-13-8-18-40-30)28-12-7-6-11-26(28)36-27/h4-19,22,31-32,36H,20H2,1-3H3/t22-,31+,32+/m0/s1. The average molecular weight is 567 g/mol. The largest absolute Gasteiger partial charge is 0.357 e. The summed E-state index contributed by atoms with van der Waals surface area (Å²) in [5, 5.41) is 6.01. The number of benzene rings is 3. The lowest BCUT2D eigenvalue weighted by Gasteiger charge is -2.38. The molecule has 6 heteroatoms. The molecule has 2 aliphatic rings. The van der Waals surface area contributed by atoms with Crippen molar-refractivity contribution in [1.82, 2.24) is 0 Å². The Morgan fingerprint density at radius 3 is 2.38 bits per heavy atom. The lowest BCUT2D eigenvalue weighted by Crippen LogP contribution is -2.42. The van der Waals surface area contributed by atoms with Crippen LogP contribution in [0.1, 0.15) is 65.5 Å². The zero-order valence-corrected chi connectivity index (χ0v) is 24.3. The van der Waals surface area contributed by atoms with Crippen LogP contribution >= 0.6 is 22.9 Å². The van der Waals surface area contributed by atoms with E-state index in [1.807, 2.05) is 66.0 Å². The summed E-state index contributed by atoms with van der Waals surface area (Å²) in [4.78, 5) is 30.8. The van der Waals surface area contributed by atoms with E-state index >= 15 is 0 Å². The van der Waals surface area contributed by atoms with E-state index in [-0.39, 0.29) is 23.0 Å². The van der Waals surface area contributed by atoms with Crippen LogP contribution in [0.15, 0.2) is 102 Å². The number of ketones is 1. The molecule has 3 atom stereocenters. The fourth-order valence-electron chi connectivity index (χ4n) is 5.84. The van der Waals surface area contributed by atoms with E-state index in [0.29, 0.717) is 16.3 Å². The van der Waals surface area contributed by atoms with Gasteiger partial charge in [-0.1, -0.05) is 99.1 Å². The third-order valence-corrected chi connectivity index (χ3v) is 9.10. The van der Waals surface area contributed by atoms with Crippen molar-refractivity contribution in [2.24, 2.45) is 5.92 Å². The molecule has 40 heavy (non-hydrogen) atoms. The lowest BCUT2D eigenvalue weighted by molar-refractivity contribution is -0.123. The number of anilines is 2. The molecule has 1 aliphatic carbocycles. The third kappa shape index (κ3) is 4.78. The summed E-state index contributed by atoms with van der Waals surface area (Å²) in [5.74, 6) is -0.736. The van der Waals surface area contributed by atoms with Crippen LogP contribution in [-0.2, 0) is 10.2 Å². The number of allylic oxidation sites excluding steroid dienone is 1. The molecule has 1 amide bonds. The number of thiophene rings is 1. The Bertz CT molecular complexity index is 1600. The lowest BCUT2D eigenvalue weighted by atomic mass is 9.75. The predicted molar refractivity (Wildman–Crippen MR) is 164 cm³/mol. The van der Waals surface area contributed by atoms with Gasteiger partial charge >= 0.3 is 0 Å². The van der Waals surface area contributed by atoms with Crippen molar-refractivity contribution >= 4 is 46.0 Å². The Labute approximate surface area is 244 Å². The number of nitrogens with one attached hydrogen (secondary N) is 1. The zero-order chi connectivity index (χ0) is 28.0. The first-order valence-electron chi connectivity index (χ1n) is 13.5. The van der Waals surface area contributed by atoms with Gasteiger partial charge in [-0.2, -0.15) is 0 Å². The number of carbonyl (C=O) groups excluding carboxylic acids is 2. The van der Waals surface area contributed by atoms with Gasteiger partial charge in [0.1, 0.15) is 5.78 Å². The molecule has 0 unspecified atom stereocenters. The van der Waals surface area contributed by atoms with E-state index in [1.165, 1.54) is 16.9 Å². The van der Waals surface area contributed by atoms with E-state index in [2.05, 4.69) is 56.4 Å². The molecular formula is C34H31ClN2O2S. The number of hydrogen-bond acceptors (Lipinski definition) is 4. The molecular weight excluding hydrogens is 536 g/mol. The molecule has 1 aromatic heterocycles.